The van der Waals surface area contributed by atoms with Gasteiger partial charge >= 0.3 is 0 Å². The van der Waals surface area contributed by atoms with Crippen LogP contribution in [-0.4, -0.2) is 7.11 Å². The number of benzene rings is 1. The van der Waals surface area contributed by atoms with Crippen LogP contribution in [0, 0.1) is 0 Å². The minimum Gasteiger partial charge on any atom is -0.497 e. The Morgan fingerprint density at radius 1 is 1.38 bits per heavy atom. The summed E-state index contributed by atoms with van der Waals surface area (Å²) in [4.78, 5) is 0. The first kappa shape index (κ1) is 12.8. The van der Waals surface area contributed by atoms with Gasteiger partial charge in [0.25, 0.3) is 0 Å². The Morgan fingerprint density at radius 2 is 2.12 bits per heavy atom. The normalized spacial score (nSPS) is 13.0. The lowest BCUT2D eigenvalue weighted by molar-refractivity contribution is 0.414. The van der Waals surface area contributed by atoms with Crippen molar-refractivity contribution in [2.75, 3.05) is 7.11 Å². The minimum absolute atomic E-state index is 0.581. The molecule has 0 fully saturated rings. The maximum Gasteiger partial charge on any atom is 0.119 e. The standard InChI is InChI=1S/C15H22O/c1-5-7-8-12(3)15-10-9-14(16-4)11-13(15)6-2/h5,7,9-12H,6,8H2,1-4H3/b7-5-. The zero-order chi connectivity index (χ0) is 12.0. The molecule has 0 aliphatic carbocycles. The number of rotatable bonds is 5. The van der Waals surface area contributed by atoms with Crippen LogP contribution in [0.2, 0.25) is 0 Å². The molecule has 0 amide bonds. The fraction of sp³-hybridized carbons (Fsp3) is 0.467. The predicted octanol–water partition coefficient (Wildman–Crippen LogP) is 4.33. The number of methoxy groups -OCH3 is 1. The van der Waals surface area contributed by atoms with Gasteiger partial charge < -0.3 is 4.74 Å². The first-order chi connectivity index (χ1) is 7.72. The fourth-order valence-corrected chi connectivity index (χ4v) is 1.96. The molecular formula is C15H22O. The largest absolute Gasteiger partial charge is 0.497 e. The van der Waals surface area contributed by atoms with E-state index in [2.05, 4.69) is 51.1 Å². The van der Waals surface area contributed by atoms with Crippen molar-refractivity contribution >= 4 is 0 Å². The van der Waals surface area contributed by atoms with Crippen LogP contribution in [-0.2, 0) is 6.42 Å². The lowest BCUT2D eigenvalue weighted by atomic mass is 9.91. The number of aryl methyl sites for hydroxylation is 1. The first-order valence-electron chi connectivity index (χ1n) is 6.00. The quantitative estimate of drug-likeness (QED) is 0.668. The smallest absolute Gasteiger partial charge is 0.119 e. The average Bonchev–Trinajstić information content (AvgIpc) is 2.34. The number of ether oxygens (including phenoxy) is 1. The topological polar surface area (TPSA) is 9.23 Å². The van der Waals surface area contributed by atoms with Crippen molar-refractivity contribution in [3.8, 4) is 5.75 Å². The Labute approximate surface area is 99.1 Å². The molecule has 1 aromatic rings. The van der Waals surface area contributed by atoms with Gasteiger partial charge in [-0.05, 0) is 48.9 Å². The zero-order valence-corrected chi connectivity index (χ0v) is 10.8. The molecule has 1 atom stereocenters. The Balaban J connectivity index is 2.94. The van der Waals surface area contributed by atoms with Crippen molar-refractivity contribution in [1.29, 1.82) is 0 Å². The molecule has 0 aliphatic heterocycles. The minimum atomic E-state index is 0.581. The second kappa shape index (κ2) is 6.37. The maximum atomic E-state index is 5.26. The Morgan fingerprint density at radius 3 is 2.69 bits per heavy atom. The SMILES string of the molecule is C/C=C\CC(C)c1ccc(OC)cc1CC. The van der Waals surface area contributed by atoms with Gasteiger partial charge in [-0.15, -0.1) is 0 Å². The van der Waals surface area contributed by atoms with Crippen molar-refractivity contribution < 1.29 is 4.74 Å². The molecule has 1 nitrogen and oxygen atoms in total. The van der Waals surface area contributed by atoms with Gasteiger partial charge in [-0.1, -0.05) is 32.1 Å². The second-order valence-corrected chi connectivity index (χ2v) is 4.12. The summed E-state index contributed by atoms with van der Waals surface area (Å²) in [6, 6.07) is 6.41. The van der Waals surface area contributed by atoms with Crippen LogP contribution in [0.4, 0.5) is 0 Å². The Bertz CT molecular complexity index is 352. The van der Waals surface area contributed by atoms with E-state index in [4.69, 9.17) is 4.74 Å². The third kappa shape index (κ3) is 3.13. The lowest BCUT2D eigenvalue weighted by Gasteiger charge is -2.15. The summed E-state index contributed by atoms with van der Waals surface area (Å²) in [5.41, 5.74) is 2.85. The third-order valence-corrected chi connectivity index (χ3v) is 2.99. The first-order valence-corrected chi connectivity index (χ1v) is 6.00. The van der Waals surface area contributed by atoms with Crippen LogP contribution < -0.4 is 4.74 Å². The summed E-state index contributed by atoms with van der Waals surface area (Å²) < 4.78 is 5.26. The highest BCUT2D eigenvalue weighted by atomic mass is 16.5. The number of hydrogen-bond donors (Lipinski definition) is 0. The summed E-state index contributed by atoms with van der Waals surface area (Å²) in [6.07, 6.45) is 6.52. The Kier molecular flexibility index (Phi) is 5.10. The summed E-state index contributed by atoms with van der Waals surface area (Å²) >= 11 is 0. The molecule has 0 heterocycles. The van der Waals surface area contributed by atoms with E-state index >= 15 is 0 Å². The molecular weight excluding hydrogens is 196 g/mol. The Hall–Kier alpha value is -1.24. The van der Waals surface area contributed by atoms with Crippen LogP contribution >= 0.6 is 0 Å². The summed E-state index contributed by atoms with van der Waals surface area (Å²) in [7, 11) is 1.72. The average molecular weight is 218 g/mol. The van der Waals surface area contributed by atoms with Gasteiger partial charge in [0.05, 0.1) is 7.11 Å². The monoisotopic (exact) mass is 218 g/mol. The molecule has 0 saturated carbocycles. The highest BCUT2D eigenvalue weighted by molar-refractivity contribution is 5.37. The molecule has 1 heteroatoms. The van der Waals surface area contributed by atoms with Crippen molar-refractivity contribution in [2.45, 2.75) is 39.5 Å². The second-order valence-electron chi connectivity index (χ2n) is 4.12. The lowest BCUT2D eigenvalue weighted by Crippen LogP contribution is -1.98. The highest BCUT2D eigenvalue weighted by Crippen LogP contribution is 2.27. The summed E-state index contributed by atoms with van der Waals surface area (Å²) in [5, 5.41) is 0. The van der Waals surface area contributed by atoms with E-state index in [9.17, 15) is 0 Å². The van der Waals surface area contributed by atoms with Gasteiger partial charge in [0, 0.05) is 0 Å². The molecule has 0 bridgehead atoms. The van der Waals surface area contributed by atoms with Crippen molar-refractivity contribution in [3.63, 3.8) is 0 Å². The van der Waals surface area contributed by atoms with Crippen LogP contribution in [0.3, 0.4) is 0 Å². The molecule has 0 saturated heterocycles. The van der Waals surface area contributed by atoms with Crippen LogP contribution in [0.15, 0.2) is 30.4 Å². The van der Waals surface area contributed by atoms with E-state index in [0.717, 1.165) is 18.6 Å². The number of allylic oxidation sites excluding steroid dienone is 2. The summed E-state index contributed by atoms with van der Waals surface area (Å²) in [6.45, 7) is 6.54. The van der Waals surface area contributed by atoms with E-state index in [1.54, 1.807) is 7.11 Å². The predicted molar refractivity (Wildman–Crippen MR) is 70.2 cm³/mol. The third-order valence-electron chi connectivity index (χ3n) is 2.99. The van der Waals surface area contributed by atoms with Crippen LogP contribution in [0.5, 0.6) is 5.75 Å². The fourth-order valence-electron chi connectivity index (χ4n) is 1.96. The van der Waals surface area contributed by atoms with Gasteiger partial charge in [-0.3, -0.25) is 0 Å². The van der Waals surface area contributed by atoms with E-state index in [-0.39, 0.29) is 0 Å². The van der Waals surface area contributed by atoms with Gasteiger partial charge in [0.2, 0.25) is 0 Å². The molecule has 1 rings (SSSR count). The van der Waals surface area contributed by atoms with E-state index < -0.39 is 0 Å². The van der Waals surface area contributed by atoms with Gasteiger partial charge in [0.1, 0.15) is 5.75 Å². The molecule has 0 aliphatic rings. The maximum absolute atomic E-state index is 5.26. The molecule has 1 unspecified atom stereocenters. The van der Waals surface area contributed by atoms with E-state index in [1.807, 2.05) is 0 Å². The van der Waals surface area contributed by atoms with Gasteiger partial charge in [0.15, 0.2) is 0 Å². The zero-order valence-electron chi connectivity index (χ0n) is 10.8. The van der Waals surface area contributed by atoms with Crippen LogP contribution in [0.25, 0.3) is 0 Å². The van der Waals surface area contributed by atoms with Crippen molar-refractivity contribution in [3.05, 3.63) is 41.5 Å². The number of hydrogen-bond acceptors (Lipinski definition) is 1. The van der Waals surface area contributed by atoms with Gasteiger partial charge in [-0.25, -0.2) is 0 Å². The molecule has 1 aromatic carbocycles. The summed E-state index contributed by atoms with van der Waals surface area (Å²) in [5.74, 6) is 1.54. The molecule has 0 N–H and O–H groups in total. The molecule has 88 valence electrons. The highest BCUT2D eigenvalue weighted by Gasteiger charge is 2.09. The van der Waals surface area contributed by atoms with Crippen molar-refractivity contribution in [2.24, 2.45) is 0 Å². The molecule has 0 spiro atoms. The van der Waals surface area contributed by atoms with Crippen molar-refractivity contribution in [1.82, 2.24) is 0 Å². The van der Waals surface area contributed by atoms with E-state index in [0.29, 0.717) is 5.92 Å². The van der Waals surface area contributed by atoms with E-state index in [1.165, 1.54) is 11.1 Å². The molecule has 16 heavy (non-hydrogen) atoms. The van der Waals surface area contributed by atoms with Crippen LogP contribution in [0.1, 0.15) is 44.2 Å². The van der Waals surface area contributed by atoms with Gasteiger partial charge in [-0.2, -0.15) is 0 Å². The molecule has 0 radical (unpaired) electrons. The molecule has 0 aromatic heterocycles.